The average molecular weight is 226 g/mol. The highest BCUT2D eigenvalue weighted by Gasteiger charge is 2.46. The van der Waals surface area contributed by atoms with E-state index in [-0.39, 0.29) is 18.1 Å². The van der Waals surface area contributed by atoms with Crippen LogP contribution in [0, 0.1) is 5.92 Å². The molecule has 2 unspecified atom stereocenters. The molecule has 0 aromatic heterocycles. The summed E-state index contributed by atoms with van der Waals surface area (Å²) in [5, 5.41) is 12.0. The van der Waals surface area contributed by atoms with Crippen LogP contribution in [0.2, 0.25) is 0 Å². The van der Waals surface area contributed by atoms with Gasteiger partial charge in [0.1, 0.15) is 5.60 Å². The zero-order valence-electron chi connectivity index (χ0n) is 9.93. The van der Waals surface area contributed by atoms with Crippen molar-refractivity contribution in [2.75, 3.05) is 6.54 Å². The van der Waals surface area contributed by atoms with E-state index in [1.165, 1.54) is 0 Å². The highest BCUT2D eigenvalue weighted by molar-refractivity contribution is 5.91. The molecule has 0 spiro atoms. The second kappa shape index (κ2) is 3.64. The number of fused-ring (bicyclic) bond motifs is 2. The molecule has 2 atom stereocenters. The van der Waals surface area contributed by atoms with E-state index in [2.05, 4.69) is 5.16 Å². The number of likely N-dealkylation sites (tertiary alicyclic amines) is 1. The lowest BCUT2D eigenvalue weighted by Crippen LogP contribution is -2.43. The SMILES string of the molecule is CC(C)(C)OC(=O)N1CC2CC1C/C2=N/O. The van der Waals surface area contributed by atoms with Gasteiger partial charge < -0.3 is 14.8 Å². The third-order valence-electron chi connectivity index (χ3n) is 3.09. The summed E-state index contributed by atoms with van der Waals surface area (Å²) in [6.45, 7) is 6.21. The average Bonchev–Trinajstić information content (AvgIpc) is 2.72. The number of amides is 1. The van der Waals surface area contributed by atoms with Gasteiger partial charge in [0.15, 0.2) is 0 Å². The Hall–Kier alpha value is -1.26. The molecule has 0 aromatic carbocycles. The maximum absolute atomic E-state index is 11.8. The van der Waals surface area contributed by atoms with Gasteiger partial charge in [-0.15, -0.1) is 0 Å². The smallest absolute Gasteiger partial charge is 0.410 e. The van der Waals surface area contributed by atoms with E-state index in [9.17, 15) is 4.79 Å². The number of nitrogens with zero attached hydrogens (tertiary/aromatic N) is 2. The van der Waals surface area contributed by atoms with Crippen LogP contribution in [-0.4, -0.2) is 40.1 Å². The summed E-state index contributed by atoms with van der Waals surface area (Å²) in [6, 6.07) is 0.158. The van der Waals surface area contributed by atoms with Gasteiger partial charge in [-0.3, -0.25) is 0 Å². The van der Waals surface area contributed by atoms with E-state index in [1.807, 2.05) is 20.8 Å². The highest BCUT2D eigenvalue weighted by Crippen LogP contribution is 2.36. The molecule has 2 bridgehead atoms. The molecule has 1 amide bonds. The van der Waals surface area contributed by atoms with Crippen LogP contribution in [-0.2, 0) is 4.74 Å². The summed E-state index contributed by atoms with van der Waals surface area (Å²) in [6.07, 6.45) is 1.33. The molecule has 5 heteroatoms. The summed E-state index contributed by atoms with van der Waals surface area (Å²) < 4.78 is 5.33. The van der Waals surface area contributed by atoms with E-state index in [0.29, 0.717) is 13.0 Å². The molecule has 1 saturated carbocycles. The molecule has 2 aliphatic rings. The van der Waals surface area contributed by atoms with Crippen LogP contribution >= 0.6 is 0 Å². The van der Waals surface area contributed by atoms with Crippen LogP contribution in [0.1, 0.15) is 33.6 Å². The first-order valence-corrected chi connectivity index (χ1v) is 5.61. The molecule has 1 saturated heterocycles. The first-order chi connectivity index (χ1) is 7.40. The minimum absolute atomic E-state index is 0.158. The van der Waals surface area contributed by atoms with Gasteiger partial charge in [0.05, 0.1) is 5.71 Å². The molecule has 0 aromatic rings. The molecule has 1 heterocycles. The molecule has 2 fully saturated rings. The van der Waals surface area contributed by atoms with Crippen molar-refractivity contribution in [1.82, 2.24) is 4.90 Å². The minimum atomic E-state index is -0.452. The van der Waals surface area contributed by atoms with Gasteiger partial charge in [0.25, 0.3) is 0 Å². The predicted octanol–water partition coefficient (Wildman–Crippen LogP) is 1.85. The molecule has 16 heavy (non-hydrogen) atoms. The normalized spacial score (nSPS) is 31.2. The second-order valence-corrected chi connectivity index (χ2v) is 5.51. The predicted molar refractivity (Wildman–Crippen MR) is 58.7 cm³/mol. The third kappa shape index (κ3) is 1.99. The van der Waals surface area contributed by atoms with Crippen molar-refractivity contribution in [3.05, 3.63) is 0 Å². The largest absolute Gasteiger partial charge is 0.444 e. The van der Waals surface area contributed by atoms with Crippen molar-refractivity contribution in [2.24, 2.45) is 11.1 Å². The number of hydrogen-bond acceptors (Lipinski definition) is 4. The van der Waals surface area contributed by atoms with Crippen molar-refractivity contribution in [2.45, 2.75) is 45.3 Å². The number of oxime groups is 1. The van der Waals surface area contributed by atoms with Crippen molar-refractivity contribution in [3.63, 3.8) is 0 Å². The molecule has 0 radical (unpaired) electrons. The van der Waals surface area contributed by atoms with Gasteiger partial charge in [-0.25, -0.2) is 4.79 Å². The summed E-state index contributed by atoms with van der Waals surface area (Å²) in [7, 11) is 0. The summed E-state index contributed by atoms with van der Waals surface area (Å²) >= 11 is 0. The Bertz CT molecular complexity index is 333. The Labute approximate surface area is 95.1 Å². The second-order valence-electron chi connectivity index (χ2n) is 5.51. The van der Waals surface area contributed by atoms with E-state index in [0.717, 1.165) is 12.1 Å². The van der Waals surface area contributed by atoms with Gasteiger partial charge in [-0.05, 0) is 27.2 Å². The van der Waals surface area contributed by atoms with E-state index in [1.54, 1.807) is 4.90 Å². The van der Waals surface area contributed by atoms with Crippen LogP contribution in [0.5, 0.6) is 0 Å². The highest BCUT2D eigenvalue weighted by atomic mass is 16.6. The fourth-order valence-corrected chi connectivity index (χ4v) is 2.43. The van der Waals surface area contributed by atoms with Gasteiger partial charge in [-0.2, -0.15) is 0 Å². The van der Waals surface area contributed by atoms with Gasteiger partial charge in [0, 0.05) is 24.9 Å². The van der Waals surface area contributed by atoms with Crippen molar-refractivity contribution in [3.8, 4) is 0 Å². The molecular formula is C11H18N2O3. The Morgan fingerprint density at radius 1 is 1.56 bits per heavy atom. The monoisotopic (exact) mass is 226 g/mol. The summed E-state index contributed by atoms with van der Waals surface area (Å²) in [5.41, 5.74) is 0.372. The maximum atomic E-state index is 11.8. The van der Waals surface area contributed by atoms with Crippen molar-refractivity contribution in [1.29, 1.82) is 0 Å². The molecule has 1 N–H and O–H groups in total. The fraction of sp³-hybridized carbons (Fsp3) is 0.818. The van der Waals surface area contributed by atoms with E-state index in [4.69, 9.17) is 9.94 Å². The lowest BCUT2D eigenvalue weighted by molar-refractivity contribution is 0.0219. The number of hydrogen-bond donors (Lipinski definition) is 1. The molecular weight excluding hydrogens is 208 g/mol. The van der Waals surface area contributed by atoms with Gasteiger partial charge >= 0.3 is 6.09 Å². The van der Waals surface area contributed by atoms with Crippen LogP contribution in [0.25, 0.3) is 0 Å². The third-order valence-corrected chi connectivity index (χ3v) is 3.09. The molecule has 1 aliphatic heterocycles. The number of piperidine rings is 1. The standard InChI is InChI=1S/C11H18N2O3/c1-11(2,3)16-10(14)13-6-7-4-8(13)5-9(7)12-15/h7-8,15H,4-6H2,1-3H3/b12-9-. The zero-order valence-corrected chi connectivity index (χ0v) is 9.93. The lowest BCUT2D eigenvalue weighted by atomic mass is 10.1. The van der Waals surface area contributed by atoms with E-state index < -0.39 is 5.60 Å². The van der Waals surface area contributed by atoms with Gasteiger partial charge in [-0.1, -0.05) is 5.16 Å². The molecule has 90 valence electrons. The fourth-order valence-electron chi connectivity index (χ4n) is 2.43. The van der Waals surface area contributed by atoms with E-state index >= 15 is 0 Å². The van der Waals surface area contributed by atoms with Crippen LogP contribution in [0.3, 0.4) is 0 Å². The number of ether oxygens (including phenoxy) is 1. The van der Waals surface area contributed by atoms with Crippen LogP contribution in [0.15, 0.2) is 5.16 Å². The van der Waals surface area contributed by atoms with Gasteiger partial charge in [0.2, 0.25) is 0 Å². The first kappa shape index (κ1) is 11.2. The Kier molecular flexibility index (Phi) is 2.56. The van der Waals surface area contributed by atoms with Crippen LogP contribution < -0.4 is 0 Å². The molecule has 5 nitrogen and oxygen atoms in total. The minimum Gasteiger partial charge on any atom is -0.444 e. The summed E-state index contributed by atoms with van der Waals surface area (Å²) in [5.74, 6) is 0.225. The molecule has 1 aliphatic carbocycles. The maximum Gasteiger partial charge on any atom is 0.410 e. The van der Waals surface area contributed by atoms with Crippen molar-refractivity contribution >= 4 is 11.8 Å². The summed E-state index contributed by atoms with van der Waals surface area (Å²) in [4.78, 5) is 13.6. The topological polar surface area (TPSA) is 62.1 Å². The Morgan fingerprint density at radius 2 is 2.25 bits per heavy atom. The number of carbonyl (C=O) groups is 1. The quantitative estimate of drug-likeness (QED) is 0.506. The number of rotatable bonds is 0. The Balaban J connectivity index is 1.98. The number of carbonyl (C=O) groups excluding carboxylic acids is 1. The lowest BCUT2D eigenvalue weighted by Gasteiger charge is -2.30. The Morgan fingerprint density at radius 3 is 2.69 bits per heavy atom. The van der Waals surface area contributed by atoms with Crippen molar-refractivity contribution < 1.29 is 14.7 Å². The first-order valence-electron chi connectivity index (χ1n) is 5.61. The zero-order chi connectivity index (χ0) is 11.9. The van der Waals surface area contributed by atoms with Crippen LogP contribution in [0.4, 0.5) is 4.79 Å². The molecule has 2 rings (SSSR count).